The lowest BCUT2D eigenvalue weighted by molar-refractivity contribution is 0.341. The van der Waals surface area contributed by atoms with Crippen molar-refractivity contribution >= 4 is 11.1 Å². The normalized spacial score (nSPS) is 20.7. The fourth-order valence-electron chi connectivity index (χ4n) is 10.4. The lowest BCUT2D eigenvalue weighted by atomic mass is 9.64. The van der Waals surface area contributed by atoms with Gasteiger partial charge >= 0.3 is 0 Å². The van der Waals surface area contributed by atoms with Crippen LogP contribution in [-0.2, 0) is 10.8 Å². The van der Waals surface area contributed by atoms with Crippen LogP contribution in [0.5, 0.6) is 0 Å². The molecule has 0 N–H and O–H groups in total. The van der Waals surface area contributed by atoms with Gasteiger partial charge in [-0.1, -0.05) is 160 Å². The molecule has 1 spiro atoms. The highest BCUT2D eigenvalue weighted by molar-refractivity contribution is 5.90. The van der Waals surface area contributed by atoms with E-state index in [1.807, 2.05) is 0 Å². The van der Waals surface area contributed by atoms with Crippen LogP contribution >= 0.6 is 0 Å². The van der Waals surface area contributed by atoms with E-state index in [4.69, 9.17) is 9.97 Å². The molecule has 1 saturated carbocycles. The topological polar surface area (TPSA) is 25.8 Å². The van der Waals surface area contributed by atoms with Crippen molar-refractivity contribution < 1.29 is 0 Å². The quantitative estimate of drug-likeness (QED) is 0.192. The molecule has 5 aliphatic rings. The summed E-state index contributed by atoms with van der Waals surface area (Å²) in [6.45, 7) is 4.90. The van der Waals surface area contributed by atoms with Gasteiger partial charge in [0.2, 0.25) is 0 Å². The highest BCUT2D eigenvalue weighted by Gasteiger charge is 2.52. The third-order valence-electron chi connectivity index (χ3n) is 12.8. The number of rotatable bonds is 4. The van der Waals surface area contributed by atoms with E-state index in [0.717, 1.165) is 47.6 Å². The average Bonchev–Trinajstić information content (AvgIpc) is 3.59. The Morgan fingerprint density at radius 1 is 0.667 bits per heavy atom. The van der Waals surface area contributed by atoms with Gasteiger partial charge in [0.15, 0.2) is 5.82 Å². The second-order valence-electron chi connectivity index (χ2n) is 15.9. The number of allylic oxidation sites excluding steroid dienone is 8. The molecule has 5 aliphatic carbocycles. The van der Waals surface area contributed by atoms with Crippen LogP contribution in [0.2, 0.25) is 0 Å². The smallest absolute Gasteiger partial charge is 0.156 e. The molecule has 250 valence electrons. The molecule has 1 aromatic heterocycles. The summed E-state index contributed by atoms with van der Waals surface area (Å²) in [6, 6.07) is 38.3. The summed E-state index contributed by atoms with van der Waals surface area (Å²) in [4.78, 5) is 10.3. The second kappa shape index (κ2) is 11.7. The Labute approximate surface area is 302 Å². The summed E-state index contributed by atoms with van der Waals surface area (Å²) in [5, 5.41) is 0. The molecule has 1 unspecified atom stereocenters. The molecule has 0 saturated heterocycles. The van der Waals surface area contributed by atoms with Gasteiger partial charge in [-0.3, -0.25) is 0 Å². The maximum atomic E-state index is 5.24. The van der Waals surface area contributed by atoms with Gasteiger partial charge in [0.1, 0.15) is 0 Å². The number of hydrogen-bond donors (Lipinski definition) is 0. The van der Waals surface area contributed by atoms with Gasteiger partial charge in [-0.05, 0) is 88.8 Å². The van der Waals surface area contributed by atoms with Crippen molar-refractivity contribution in [2.24, 2.45) is 0 Å². The van der Waals surface area contributed by atoms with Gasteiger partial charge in [-0.2, -0.15) is 0 Å². The number of hydrogen-bond acceptors (Lipinski definition) is 2. The molecule has 10 rings (SSSR count). The molecular weight excluding hydrogens is 617 g/mol. The molecule has 1 fully saturated rings. The third-order valence-corrected chi connectivity index (χ3v) is 12.8. The standard InChI is InChI=1S/C49H44N2/c1-48(2)40-24-11-10-22-37(40)38-29-43-39(30-42(38)48)46-36(23-15-25-41(46)49(43)26-12-5-13-27-49)34-20-14-21-35(28-34)45-31-44(32-16-6-3-7-17-32)50-47(51-45)33-18-8-4-9-19-33/h3-4,6-8,10-11,14-18,20-25,28-29,31,39H,5,9,12-13,19,26-27,30H2,1-2H3. The first kappa shape index (κ1) is 30.7. The molecule has 2 heteroatoms. The van der Waals surface area contributed by atoms with Gasteiger partial charge in [0, 0.05) is 27.9 Å². The first-order chi connectivity index (χ1) is 25.0. The lowest BCUT2D eigenvalue weighted by Gasteiger charge is -2.39. The first-order valence-corrected chi connectivity index (χ1v) is 19.1. The molecule has 1 heterocycles. The maximum Gasteiger partial charge on any atom is 0.156 e. The van der Waals surface area contributed by atoms with Crippen LogP contribution in [0.15, 0.2) is 139 Å². The second-order valence-corrected chi connectivity index (χ2v) is 15.9. The fourth-order valence-corrected chi connectivity index (χ4v) is 10.4. The van der Waals surface area contributed by atoms with E-state index in [1.165, 1.54) is 65.5 Å². The lowest BCUT2D eigenvalue weighted by Crippen LogP contribution is -2.30. The zero-order chi connectivity index (χ0) is 34.2. The fraction of sp³-hybridized carbons (Fsp3) is 0.265. The van der Waals surface area contributed by atoms with Gasteiger partial charge in [0.05, 0.1) is 11.4 Å². The molecule has 5 aromatic rings. The van der Waals surface area contributed by atoms with Crippen LogP contribution < -0.4 is 0 Å². The minimum absolute atomic E-state index is 0.0377. The minimum Gasteiger partial charge on any atom is -0.228 e. The molecule has 0 radical (unpaired) electrons. The Morgan fingerprint density at radius 3 is 2.20 bits per heavy atom. The van der Waals surface area contributed by atoms with E-state index >= 15 is 0 Å². The molecule has 0 bridgehead atoms. The van der Waals surface area contributed by atoms with E-state index in [0.29, 0.717) is 5.92 Å². The summed E-state index contributed by atoms with van der Waals surface area (Å²) in [6.07, 6.45) is 18.8. The van der Waals surface area contributed by atoms with Crippen LogP contribution in [0.1, 0.15) is 99.2 Å². The first-order valence-electron chi connectivity index (χ1n) is 19.1. The van der Waals surface area contributed by atoms with Crippen molar-refractivity contribution in [3.8, 4) is 33.6 Å². The van der Waals surface area contributed by atoms with Crippen molar-refractivity contribution in [2.75, 3.05) is 0 Å². The van der Waals surface area contributed by atoms with Crippen LogP contribution in [0.3, 0.4) is 0 Å². The van der Waals surface area contributed by atoms with E-state index in [-0.39, 0.29) is 10.8 Å². The number of nitrogens with zero attached hydrogens (tertiary/aromatic N) is 2. The predicted octanol–water partition coefficient (Wildman–Crippen LogP) is 12.6. The van der Waals surface area contributed by atoms with Gasteiger partial charge < -0.3 is 0 Å². The highest BCUT2D eigenvalue weighted by Crippen LogP contribution is 2.65. The molecule has 0 aliphatic heterocycles. The molecular formula is C49H44N2. The van der Waals surface area contributed by atoms with E-state index in [2.05, 4.69) is 141 Å². The largest absolute Gasteiger partial charge is 0.228 e. The van der Waals surface area contributed by atoms with E-state index in [9.17, 15) is 0 Å². The van der Waals surface area contributed by atoms with E-state index < -0.39 is 0 Å². The summed E-state index contributed by atoms with van der Waals surface area (Å²) >= 11 is 0. The van der Waals surface area contributed by atoms with Crippen LogP contribution in [-0.4, -0.2) is 9.97 Å². The van der Waals surface area contributed by atoms with Crippen molar-refractivity contribution in [2.45, 2.75) is 82.0 Å². The average molecular weight is 661 g/mol. The Kier molecular flexibility index (Phi) is 7.07. The van der Waals surface area contributed by atoms with Crippen molar-refractivity contribution in [1.29, 1.82) is 0 Å². The third kappa shape index (κ3) is 4.75. The number of fused-ring (bicyclic) bond motifs is 7. The molecule has 51 heavy (non-hydrogen) atoms. The number of benzene rings is 4. The van der Waals surface area contributed by atoms with Gasteiger partial charge in [-0.25, -0.2) is 9.97 Å². The van der Waals surface area contributed by atoms with Crippen LogP contribution in [0.4, 0.5) is 0 Å². The Hall–Kier alpha value is -5.08. The molecule has 1 atom stereocenters. The summed E-state index contributed by atoms with van der Waals surface area (Å²) in [5.41, 5.74) is 19.2. The number of aromatic nitrogens is 2. The Balaban J connectivity index is 1.12. The van der Waals surface area contributed by atoms with Gasteiger partial charge in [-0.15, -0.1) is 0 Å². The summed E-state index contributed by atoms with van der Waals surface area (Å²) in [7, 11) is 0. The SMILES string of the molecule is CC1(C)C2=C(C=C3C(C2)c2c(-c4cccc(-c5cc(-c6ccccc6)nc(C6=CC=CCC6)n5)c4)cccc2C32CCCCC2)c2ccccc21. The minimum atomic E-state index is 0.0377. The zero-order valence-corrected chi connectivity index (χ0v) is 29.8. The highest BCUT2D eigenvalue weighted by atomic mass is 14.9. The Morgan fingerprint density at radius 2 is 1.37 bits per heavy atom. The van der Waals surface area contributed by atoms with Crippen LogP contribution in [0.25, 0.3) is 44.8 Å². The van der Waals surface area contributed by atoms with E-state index in [1.54, 1.807) is 22.3 Å². The molecule has 4 aromatic carbocycles. The van der Waals surface area contributed by atoms with Crippen molar-refractivity contribution in [1.82, 2.24) is 9.97 Å². The van der Waals surface area contributed by atoms with Crippen LogP contribution in [0, 0.1) is 0 Å². The van der Waals surface area contributed by atoms with Crippen molar-refractivity contribution in [3.05, 3.63) is 167 Å². The van der Waals surface area contributed by atoms with Crippen molar-refractivity contribution in [3.63, 3.8) is 0 Å². The predicted molar refractivity (Wildman–Crippen MR) is 211 cm³/mol. The summed E-state index contributed by atoms with van der Waals surface area (Å²) < 4.78 is 0. The zero-order valence-electron chi connectivity index (χ0n) is 29.8. The Bertz CT molecular complexity index is 2340. The van der Waals surface area contributed by atoms with Gasteiger partial charge in [0.25, 0.3) is 0 Å². The maximum absolute atomic E-state index is 5.24. The summed E-state index contributed by atoms with van der Waals surface area (Å²) in [5.74, 6) is 1.24. The molecule has 2 nitrogen and oxygen atoms in total. The monoisotopic (exact) mass is 660 g/mol. The molecule has 0 amide bonds.